The van der Waals surface area contributed by atoms with Gasteiger partial charge in [-0.3, -0.25) is 19.2 Å². The van der Waals surface area contributed by atoms with E-state index in [-0.39, 0.29) is 31.0 Å². The van der Waals surface area contributed by atoms with Crippen LogP contribution in [0.5, 0.6) is 5.75 Å². The van der Waals surface area contributed by atoms with E-state index in [1.807, 2.05) is 0 Å². The molecule has 9 nitrogen and oxygen atoms in total. The molecule has 1 aromatic rings. The maximum Gasteiger partial charge on any atom is 0.313 e. The molecule has 1 aliphatic heterocycles. The lowest BCUT2D eigenvalue weighted by atomic mass is 10.2. The summed E-state index contributed by atoms with van der Waals surface area (Å²) in [5.41, 5.74) is 0.821. The minimum atomic E-state index is -0.933. The first-order chi connectivity index (χ1) is 11.8. The smallest absolute Gasteiger partial charge is 0.313 e. The summed E-state index contributed by atoms with van der Waals surface area (Å²) in [6.45, 7) is 3.23. The molecule has 0 saturated carbocycles. The molecule has 0 spiro atoms. The van der Waals surface area contributed by atoms with Crippen LogP contribution in [0.1, 0.15) is 13.8 Å². The highest BCUT2D eigenvalue weighted by atomic mass is 16.5. The molecule has 0 unspecified atom stereocenters. The maximum atomic E-state index is 11.9. The SMILES string of the molecule is CC(C)NC(=O)CNC(=O)C(=O)Nc1ccc2c(c1)N(C)C(=O)CO2. The second-order valence-electron chi connectivity index (χ2n) is 5.78. The zero-order valence-electron chi connectivity index (χ0n) is 14.2. The lowest BCUT2D eigenvalue weighted by Crippen LogP contribution is -2.43. The zero-order chi connectivity index (χ0) is 18.6. The van der Waals surface area contributed by atoms with Crippen LogP contribution in [-0.4, -0.2) is 49.9 Å². The predicted octanol–water partition coefficient (Wildman–Crippen LogP) is -0.379. The van der Waals surface area contributed by atoms with Gasteiger partial charge in [0.15, 0.2) is 6.61 Å². The lowest BCUT2D eigenvalue weighted by molar-refractivity contribution is -0.136. The highest BCUT2D eigenvalue weighted by Gasteiger charge is 2.23. The van der Waals surface area contributed by atoms with Gasteiger partial charge in [0, 0.05) is 18.8 Å². The summed E-state index contributed by atoms with van der Waals surface area (Å²) in [5.74, 6) is -1.94. The van der Waals surface area contributed by atoms with Crippen molar-refractivity contribution in [1.29, 1.82) is 0 Å². The summed E-state index contributed by atoms with van der Waals surface area (Å²) in [6, 6.07) is 4.62. The number of likely N-dealkylation sites (N-methyl/N-ethyl adjacent to an activating group) is 1. The summed E-state index contributed by atoms with van der Waals surface area (Å²) in [4.78, 5) is 48.1. The van der Waals surface area contributed by atoms with Gasteiger partial charge in [-0.1, -0.05) is 0 Å². The number of carbonyl (C=O) groups is 4. The van der Waals surface area contributed by atoms with Crippen LogP contribution in [0, 0.1) is 0 Å². The molecule has 2 rings (SSSR count). The van der Waals surface area contributed by atoms with E-state index in [4.69, 9.17) is 4.74 Å². The van der Waals surface area contributed by atoms with Crippen molar-refractivity contribution >= 4 is 35.0 Å². The van der Waals surface area contributed by atoms with Gasteiger partial charge in [0.1, 0.15) is 5.75 Å². The van der Waals surface area contributed by atoms with Gasteiger partial charge in [-0.15, -0.1) is 0 Å². The molecule has 1 aliphatic rings. The fourth-order valence-electron chi connectivity index (χ4n) is 2.15. The third kappa shape index (κ3) is 4.69. The van der Waals surface area contributed by atoms with Gasteiger partial charge < -0.3 is 25.6 Å². The second-order valence-corrected chi connectivity index (χ2v) is 5.78. The van der Waals surface area contributed by atoms with Crippen molar-refractivity contribution in [2.75, 3.05) is 30.4 Å². The molecule has 0 aromatic heterocycles. The molecule has 134 valence electrons. The molecule has 0 fully saturated rings. The Hall–Kier alpha value is -3.10. The van der Waals surface area contributed by atoms with E-state index in [2.05, 4.69) is 16.0 Å². The molecule has 1 heterocycles. The quantitative estimate of drug-likeness (QED) is 0.642. The molecule has 0 atom stereocenters. The van der Waals surface area contributed by atoms with E-state index in [0.717, 1.165) is 0 Å². The molecular formula is C16H20N4O5. The number of benzene rings is 1. The number of nitrogens with one attached hydrogen (secondary N) is 3. The molecule has 1 aromatic carbocycles. The number of amides is 4. The Balaban J connectivity index is 1.95. The summed E-state index contributed by atoms with van der Waals surface area (Å²) in [5, 5.41) is 7.24. The monoisotopic (exact) mass is 348 g/mol. The van der Waals surface area contributed by atoms with Gasteiger partial charge in [0.05, 0.1) is 12.2 Å². The molecular weight excluding hydrogens is 328 g/mol. The Morgan fingerprint density at radius 1 is 1.24 bits per heavy atom. The van der Waals surface area contributed by atoms with Gasteiger partial charge in [-0.25, -0.2) is 0 Å². The third-order valence-electron chi connectivity index (χ3n) is 3.37. The van der Waals surface area contributed by atoms with Crippen LogP contribution < -0.4 is 25.6 Å². The molecule has 0 saturated heterocycles. The van der Waals surface area contributed by atoms with Gasteiger partial charge in [0.2, 0.25) is 5.91 Å². The van der Waals surface area contributed by atoms with Gasteiger partial charge in [-0.2, -0.15) is 0 Å². The second kappa shape index (κ2) is 7.65. The van der Waals surface area contributed by atoms with E-state index in [1.165, 1.54) is 11.0 Å². The Morgan fingerprint density at radius 3 is 2.64 bits per heavy atom. The fourth-order valence-corrected chi connectivity index (χ4v) is 2.15. The minimum absolute atomic E-state index is 0.0456. The van der Waals surface area contributed by atoms with Crippen LogP contribution in [0.3, 0.4) is 0 Å². The van der Waals surface area contributed by atoms with Crippen LogP contribution >= 0.6 is 0 Å². The van der Waals surface area contributed by atoms with E-state index < -0.39 is 11.8 Å². The molecule has 0 aliphatic carbocycles. The van der Waals surface area contributed by atoms with Crippen molar-refractivity contribution in [3.63, 3.8) is 0 Å². The van der Waals surface area contributed by atoms with E-state index >= 15 is 0 Å². The maximum absolute atomic E-state index is 11.9. The number of rotatable bonds is 4. The van der Waals surface area contributed by atoms with Crippen molar-refractivity contribution in [2.24, 2.45) is 0 Å². The average Bonchev–Trinajstić information content (AvgIpc) is 2.55. The van der Waals surface area contributed by atoms with Crippen molar-refractivity contribution in [3.8, 4) is 5.75 Å². The summed E-state index contributed by atoms with van der Waals surface area (Å²) >= 11 is 0. The number of nitrogens with zero attached hydrogens (tertiary/aromatic N) is 1. The van der Waals surface area contributed by atoms with Crippen molar-refractivity contribution in [3.05, 3.63) is 18.2 Å². The number of carbonyl (C=O) groups excluding carboxylic acids is 4. The van der Waals surface area contributed by atoms with Crippen LogP contribution in [0.25, 0.3) is 0 Å². The standard InChI is InChI=1S/C16H20N4O5/c1-9(2)18-13(21)7-17-15(23)16(24)19-10-4-5-12-11(6-10)20(3)14(22)8-25-12/h4-6,9H,7-8H2,1-3H3,(H,17,23)(H,18,21)(H,19,24). The van der Waals surface area contributed by atoms with Crippen molar-refractivity contribution in [1.82, 2.24) is 10.6 Å². The Morgan fingerprint density at radius 2 is 1.96 bits per heavy atom. The number of fused-ring (bicyclic) bond motifs is 1. The van der Waals surface area contributed by atoms with E-state index in [0.29, 0.717) is 17.1 Å². The summed E-state index contributed by atoms with van der Waals surface area (Å²) < 4.78 is 5.28. The highest BCUT2D eigenvalue weighted by molar-refractivity contribution is 6.39. The third-order valence-corrected chi connectivity index (χ3v) is 3.37. The number of anilines is 2. The number of hydrogen-bond acceptors (Lipinski definition) is 5. The first kappa shape index (κ1) is 18.2. The predicted molar refractivity (Wildman–Crippen MR) is 90.3 cm³/mol. The van der Waals surface area contributed by atoms with Gasteiger partial charge in [-0.05, 0) is 32.0 Å². The Labute approximate surface area is 144 Å². The first-order valence-corrected chi connectivity index (χ1v) is 7.70. The van der Waals surface area contributed by atoms with Crippen LogP contribution in [0.4, 0.5) is 11.4 Å². The highest BCUT2D eigenvalue weighted by Crippen LogP contribution is 2.33. The van der Waals surface area contributed by atoms with E-state index in [9.17, 15) is 19.2 Å². The molecule has 3 N–H and O–H groups in total. The molecule has 0 bridgehead atoms. The minimum Gasteiger partial charge on any atom is -0.482 e. The molecule has 4 amide bonds. The zero-order valence-corrected chi connectivity index (χ0v) is 14.2. The first-order valence-electron chi connectivity index (χ1n) is 7.70. The molecule has 0 radical (unpaired) electrons. The van der Waals surface area contributed by atoms with Crippen LogP contribution in [-0.2, 0) is 19.2 Å². The topological polar surface area (TPSA) is 117 Å². The Bertz CT molecular complexity index is 716. The molecule has 25 heavy (non-hydrogen) atoms. The Kier molecular flexibility index (Phi) is 5.58. The van der Waals surface area contributed by atoms with Crippen molar-refractivity contribution < 1.29 is 23.9 Å². The fraction of sp³-hybridized carbons (Fsp3) is 0.375. The summed E-state index contributed by atoms with van der Waals surface area (Å²) in [7, 11) is 1.59. The normalized spacial score (nSPS) is 13.0. The summed E-state index contributed by atoms with van der Waals surface area (Å²) in [6.07, 6.45) is 0. The van der Waals surface area contributed by atoms with Gasteiger partial charge in [0.25, 0.3) is 5.91 Å². The lowest BCUT2D eigenvalue weighted by Gasteiger charge is -2.26. The largest absolute Gasteiger partial charge is 0.482 e. The van der Waals surface area contributed by atoms with E-state index in [1.54, 1.807) is 33.0 Å². The van der Waals surface area contributed by atoms with Crippen LogP contribution in [0.15, 0.2) is 18.2 Å². The number of ether oxygens (including phenoxy) is 1. The van der Waals surface area contributed by atoms with Crippen molar-refractivity contribution in [2.45, 2.75) is 19.9 Å². The van der Waals surface area contributed by atoms with Crippen LogP contribution in [0.2, 0.25) is 0 Å². The number of hydrogen-bond donors (Lipinski definition) is 3. The molecule has 9 heteroatoms. The average molecular weight is 348 g/mol. The van der Waals surface area contributed by atoms with Gasteiger partial charge >= 0.3 is 11.8 Å².